The molecule has 0 bridgehead atoms. The molecule has 15 heavy (non-hydrogen) atoms. The molecule has 2 N–H and O–H groups in total. The summed E-state index contributed by atoms with van der Waals surface area (Å²) in [7, 11) is 2.04. The van der Waals surface area contributed by atoms with Crippen molar-refractivity contribution in [3.63, 3.8) is 0 Å². The monoisotopic (exact) mass is 213 g/mol. The van der Waals surface area contributed by atoms with Crippen LogP contribution in [-0.4, -0.2) is 24.8 Å². The molecule has 2 heteroatoms. The van der Waals surface area contributed by atoms with Crippen LogP contribution in [0.25, 0.3) is 0 Å². The Bertz CT molecular complexity index is 195. The highest BCUT2D eigenvalue weighted by atomic mass is 16.3. The zero-order chi connectivity index (χ0) is 11.5. The molecule has 1 aliphatic carbocycles. The van der Waals surface area contributed by atoms with E-state index in [4.69, 9.17) is 0 Å². The number of rotatable bonds is 4. The Labute approximate surface area is 94.5 Å². The molecule has 0 aromatic carbocycles. The summed E-state index contributed by atoms with van der Waals surface area (Å²) < 4.78 is 0. The molecule has 1 fully saturated rings. The predicted octanol–water partition coefficient (Wildman–Crippen LogP) is 2.42. The van der Waals surface area contributed by atoms with E-state index < -0.39 is 0 Å². The van der Waals surface area contributed by atoms with Crippen LogP contribution in [0, 0.1) is 17.3 Å². The van der Waals surface area contributed by atoms with Gasteiger partial charge in [-0.15, -0.1) is 0 Å². The van der Waals surface area contributed by atoms with Crippen LogP contribution in [0.5, 0.6) is 0 Å². The number of aliphatic hydroxyl groups excluding tert-OH is 1. The first kappa shape index (κ1) is 13.0. The van der Waals surface area contributed by atoms with Gasteiger partial charge in [-0.25, -0.2) is 0 Å². The second kappa shape index (κ2) is 5.31. The van der Waals surface area contributed by atoms with Gasteiger partial charge in [-0.3, -0.25) is 0 Å². The van der Waals surface area contributed by atoms with Crippen molar-refractivity contribution in [2.24, 2.45) is 17.3 Å². The minimum Gasteiger partial charge on any atom is -0.396 e. The van der Waals surface area contributed by atoms with Gasteiger partial charge in [-0.2, -0.15) is 0 Å². The van der Waals surface area contributed by atoms with Crippen molar-refractivity contribution in [2.45, 2.75) is 52.5 Å². The molecule has 4 unspecified atom stereocenters. The van der Waals surface area contributed by atoms with Crippen LogP contribution >= 0.6 is 0 Å². The zero-order valence-corrected chi connectivity index (χ0v) is 10.7. The fourth-order valence-corrected chi connectivity index (χ4v) is 3.06. The molecule has 1 rings (SSSR count). The lowest BCUT2D eigenvalue weighted by molar-refractivity contribution is 0.0333. The fourth-order valence-electron chi connectivity index (χ4n) is 3.06. The Balaban J connectivity index is 2.67. The summed E-state index contributed by atoms with van der Waals surface area (Å²) >= 11 is 0. The van der Waals surface area contributed by atoms with E-state index in [0.29, 0.717) is 12.6 Å². The number of aliphatic hydroxyl groups is 1. The average molecular weight is 213 g/mol. The summed E-state index contributed by atoms with van der Waals surface area (Å²) in [5, 5.41) is 12.9. The SMILES string of the molecule is CCC1CC(C(C)NC)CC(C)(CO)C1. The summed E-state index contributed by atoms with van der Waals surface area (Å²) in [6.07, 6.45) is 4.95. The molecule has 4 atom stereocenters. The van der Waals surface area contributed by atoms with E-state index in [1.807, 2.05) is 7.05 Å². The zero-order valence-electron chi connectivity index (χ0n) is 10.7. The minimum atomic E-state index is 0.161. The molecule has 1 aliphatic rings. The van der Waals surface area contributed by atoms with Gasteiger partial charge < -0.3 is 10.4 Å². The summed E-state index contributed by atoms with van der Waals surface area (Å²) in [4.78, 5) is 0. The first-order valence-corrected chi connectivity index (χ1v) is 6.32. The first-order chi connectivity index (χ1) is 7.04. The summed E-state index contributed by atoms with van der Waals surface area (Å²) in [6.45, 7) is 7.12. The minimum absolute atomic E-state index is 0.161. The van der Waals surface area contributed by atoms with E-state index >= 15 is 0 Å². The molecule has 0 amide bonds. The highest BCUT2D eigenvalue weighted by molar-refractivity contribution is 4.89. The van der Waals surface area contributed by atoms with Gasteiger partial charge in [0.05, 0.1) is 0 Å². The molecule has 90 valence electrons. The largest absolute Gasteiger partial charge is 0.396 e. The van der Waals surface area contributed by atoms with E-state index in [1.54, 1.807) is 0 Å². The smallest absolute Gasteiger partial charge is 0.0484 e. The Kier molecular flexibility index (Phi) is 4.60. The van der Waals surface area contributed by atoms with Gasteiger partial charge in [0.25, 0.3) is 0 Å². The van der Waals surface area contributed by atoms with Gasteiger partial charge in [-0.1, -0.05) is 20.3 Å². The van der Waals surface area contributed by atoms with Crippen LogP contribution in [0.1, 0.15) is 46.5 Å². The first-order valence-electron chi connectivity index (χ1n) is 6.32. The standard InChI is InChI=1S/C13H27NO/c1-5-11-6-12(10(2)14-4)8-13(3,7-11)9-15/h10-12,14-15H,5-9H2,1-4H3. The molecule has 0 heterocycles. The Morgan fingerprint density at radius 3 is 2.60 bits per heavy atom. The van der Waals surface area contributed by atoms with Crippen LogP contribution < -0.4 is 5.32 Å². The third kappa shape index (κ3) is 3.18. The van der Waals surface area contributed by atoms with Crippen LogP contribution in [0.3, 0.4) is 0 Å². The van der Waals surface area contributed by atoms with Crippen molar-refractivity contribution in [3.05, 3.63) is 0 Å². The maximum Gasteiger partial charge on any atom is 0.0484 e. The van der Waals surface area contributed by atoms with Gasteiger partial charge in [0.1, 0.15) is 0 Å². The van der Waals surface area contributed by atoms with Crippen molar-refractivity contribution >= 4 is 0 Å². The maximum atomic E-state index is 9.52. The normalized spacial score (nSPS) is 39.0. The fraction of sp³-hybridized carbons (Fsp3) is 1.00. The summed E-state index contributed by atoms with van der Waals surface area (Å²) in [5.74, 6) is 1.53. The van der Waals surface area contributed by atoms with E-state index in [0.717, 1.165) is 11.8 Å². The van der Waals surface area contributed by atoms with Gasteiger partial charge in [0, 0.05) is 12.6 Å². The van der Waals surface area contributed by atoms with E-state index in [-0.39, 0.29) is 5.41 Å². The quantitative estimate of drug-likeness (QED) is 0.751. The molecular weight excluding hydrogens is 186 g/mol. The topological polar surface area (TPSA) is 32.3 Å². The third-order valence-electron chi connectivity index (χ3n) is 4.29. The second-order valence-electron chi connectivity index (χ2n) is 5.72. The third-order valence-corrected chi connectivity index (χ3v) is 4.29. The molecule has 0 aromatic rings. The van der Waals surface area contributed by atoms with E-state index in [2.05, 4.69) is 26.1 Å². The van der Waals surface area contributed by atoms with Crippen molar-refractivity contribution < 1.29 is 5.11 Å². The van der Waals surface area contributed by atoms with Crippen molar-refractivity contribution in [1.82, 2.24) is 5.32 Å². The second-order valence-corrected chi connectivity index (χ2v) is 5.72. The van der Waals surface area contributed by atoms with Crippen LogP contribution in [0.15, 0.2) is 0 Å². The van der Waals surface area contributed by atoms with Crippen LogP contribution in [0.4, 0.5) is 0 Å². The maximum absolute atomic E-state index is 9.52. The lowest BCUT2D eigenvalue weighted by atomic mass is 9.64. The lowest BCUT2D eigenvalue weighted by Crippen LogP contribution is -2.41. The molecule has 1 saturated carbocycles. The summed E-state index contributed by atoms with van der Waals surface area (Å²) in [5.41, 5.74) is 0.161. The average Bonchev–Trinajstić information content (AvgIpc) is 2.27. The molecule has 0 spiro atoms. The van der Waals surface area contributed by atoms with Gasteiger partial charge >= 0.3 is 0 Å². The Morgan fingerprint density at radius 1 is 1.47 bits per heavy atom. The number of hydrogen-bond acceptors (Lipinski definition) is 2. The number of nitrogens with one attached hydrogen (secondary N) is 1. The summed E-state index contributed by atoms with van der Waals surface area (Å²) in [6, 6.07) is 0.574. The van der Waals surface area contributed by atoms with Crippen molar-refractivity contribution in [1.29, 1.82) is 0 Å². The molecular formula is C13H27NO. The van der Waals surface area contributed by atoms with Crippen LogP contribution in [-0.2, 0) is 0 Å². The van der Waals surface area contributed by atoms with Gasteiger partial charge in [-0.05, 0) is 50.5 Å². The number of hydrogen-bond donors (Lipinski definition) is 2. The lowest BCUT2D eigenvalue weighted by Gasteiger charge is -2.43. The van der Waals surface area contributed by atoms with Gasteiger partial charge in [0.15, 0.2) is 0 Å². The Morgan fingerprint density at radius 2 is 2.13 bits per heavy atom. The molecule has 0 aliphatic heterocycles. The predicted molar refractivity (Wildman–Crippen MR) is 64.8 cm³/mol. The van der Waals surface area contributed by atoms with E-state index in [9.17, 15) is 5.11 Å². The van der Waals surface area contributed by atoms with Gasteiger partial charge in [0.2, 0.25) is 0 Å². The molecule has 0 radical (unpaired) electrons. The van der Waals surface area contributed by atoms with Crippen molar-refractivity contribution in [2.75, 3.05) is 13.7 Å². The van der Waals surface area contributed by atoms with Crippen molar-refractivity contribution in [3.8, 4) is 0 Å². The van der Waals surface area contributed by atoms with E-state index in [1.165, 1.54) is 25.7 Å². The Hall–Kier alpha value is -0.0800. The highest BCUT2D eigenvalue weighted by Gasteiger charge is 2.37. The molecule has 0 aromatic heterocycles. The molecule has 0 saturated heterocycles. The molecule has 2 nitrogen and oxygen atoms in total. The van der Waals surface area contributed by atoms with Crippen LogP contribution in [0.2, 0.25) is 0 Å². The highest BCUT2D eigenvalue weighted by Crippen LogP contribution is 2.44.